The van der Waals surface area contributed by atoms with Gasteiger partial charge in [-0.25, -0.2) is 4.21 Å². The zero-order valence-corrected chi connectivity index (χ0v) is 11.2. The Balaban J connectivity index is 2.24. The molecule has 2 rings (SSSR count). The van der Waals surface area contributed by atoms with Crippen LogP contribution in [0.1, 0.15) is 10.4 Å². The van der Waals surface area contributed by atoms with Crippen LogP contribution in [0, 0.1) is 0 Å². The number of nitrogens with one attached hydrogen (secondary N) is 1. The van der Waals surface area contributed by atoms with Gasteiger partial charge >= 0.3 is 0 Å². The molecule has 6 N–H and O–H groups in total. The van der Waals surface area contributed by atoms with Crippen molar-refractivity contribution < 1.29 is 13.6 Å². The van der Waals surface area contributed by atoms with Gasteiger partial charge in [-0.05, 0) is 36.4 Å². The Morgan fingerprint density at radius 3 is 2.55 bits per heavy atom. The van der Waals surface area contributed by atoms with Crippen molar-refractivity contribution in [1.29, 1.82) is 0 Å². The van der Waals surface area contributed by atoms with E-state index in [-0.39, 0.29) is 16.5 Å². The molecule has 0 radical (unpaired) electrons. The Morgan fingerprint density at radius 2 is 1.90 bits per heavy atom. The van der Waals surface area contributed by atoms with E-state index in [9.17, 15) is 9.00 Å². The van der Waals surface area contributed by atoms with Gasteiger partial charge in [-0.2, -0.15) is 0 Å². The predicted octanol–water partition coefficient (Wildman–Crippen LogP) is 1.68. The maximum Gasteiger partial charge on any atom is 0.255 e. The van der Waals surface area contributed by atoms with E-state index < -0.39 is 11.1 Å². The third-order valence-corrected chi connectivity index (χ3v) is 3.34. The monoisotopic (exact) mass is 291 g/mol. The molecule has 6 nitrogen and oxygen atoms in total. The van der Waals surface area contributed by atoms with Gasteiger partial charge in [-0.3, -0.25) is 4.79 Å². The highest BCUT2D eigenvalue weighted by molar-refractivity contribution is 7.79. The number of amides is 1. The van der Waals surface area contributed by atoms with Gasteiger partial charge in [-0.15, -0.1) is 0 Å². The summed E-state index contributed by atoms with van der Waals surface area (Å²) in [4.78, 5) is 12.0. The molecule has 2 aromatic carbocycles. The molecule has 20 heavy (non-hydrogen) atoms. The van der Waals surface area contributed by atoms with Crippen LogP contribution in [0.4, 0.5) is 17.1 Å². The smallest absolute Gasteiger partial charge is 0.255 e. The average molecular weight is 291 g/mol. The maximum atomic E-state index is 12.0. The van der Waals surface area contributed by atoms with Crippen molar-refractivity contribution in [3.63, 3.8) is 0 Å². The molecule has 104 valence electrons. The van der Waals surface area contributed by atoms with Crippen LogP contribution < -0.4 is 16.8 Å². The van der Waals surface area contributed by atoms with Gasteiger partial charge in [0.05, 0.1) is 10.6 Å². The van der Waals surface area contributed by atoms with Crippen molar-refractivity contribution in [1.82, 2.24) is 0 Å². The van der Waals surface area contributed by atoms with E-state index in [4.69, 9.17) is 16.0 Å². The molecule has 0 heterocycles. The van der Waals surface area contributed by atoms with E-state index in [1.54, 1.807) is 24.3 Å². The first-order valence-corrected chi connectivity index (χ1v) is 6.75. The van der Waals surface area contributed by atoms with Crippen LogP contribution in [0.2, 0.25) is 0 Å². The van der Waals surface area contributed by atoms with Gasteiger partial charge in [0.1, 0.15) is 0 Å². The molecular weight excluding hydrogens is 278 g/mol. The van der Waals surface area contributed by atoms with E-state index in [2.05, 4.69) is 5.32 Å². The molecule has 1 unspecified atom stereocenters. The minimum atomic E-state index is -2.21. The Morgan fingerprint density at radius 1 is 1.15 bits per heavy atom. The summed E-state index contributed by atoms with van der Waals surface area (Å²) < 4.78 is 20.2. The third-order valence-electron chi connectivity index (χ3n) is 2.61. The fourth-order valence-corrected chi connectivity index (χ4v) is 2.14. The molecule has 0 aromatic heterocycles. The Kier molecular flexibility index (Phi) is 4.02. The fraction of sp³-hybridized carbons (Fsp3) is 0. The molecule has 1 amide bonds. The lowest BCUT2D eigenvalue weighted by Gasteiger charge is -2.08. The van der Waals surface area contributed by atoms with Gasteiger partial charge in [0.25, 0.3) is 5.91 Å². The molecule has 0 spiro atoms. The SMILES string of the molecule is Nc1cccc(C(=O)Nc2ccc(N)c(S(=O)O)c2)c1. The topological polar surface area (TPSA) is 118 Å². The molecule has 0 aliphatic rings. The first-order valence-electron chi connectivity index (χ1n) is 5.64. The number of hydrogen-bond donors (Lipinski definition) is 4. The van der Waals surface area contributed by atoms with Crippen molar-refractivity contribution in [3.8, 4) is 0 Å². The van der Waals surface area contributed by atoms with Gasteiger partial charge in [0.15, 0.2) is 11.1 Å². The summed E-state index contributed by atoms with van der Waals surface area (Å²) in [5.41, 5.74) is 12.6. The van der Waals surface area contributed by atoms with Gasteiger partial charge in [0, 0.05) is 16.9 Å². The third kappa shape index (κ3) is 3.14. The molecule has 0 fully saturated rings. The van der Waals surface area contributed by atoms with E-state index in [1.165, 1.54) is 18.2 Å². The minimum Gasteiger partial charge on any atom is -0.399 e. The van der Waals surface area contributed by atoms with Crippen LogP contribution in [0.25, 0.3) is 0 Å². The summed E-state index contributed by atoms with van der Waals surface area (Å²) in [7, 11) is 0. The van der Waals surface area contributed by atoms with Crippen LogP contribution in [-0.2, 0) is 11.1 Å². The number of benzene rings is 2. The summed E-state index contributed by atoms with van der Waals surface area (Å²) in [5, 5.41) is 2.61. The lowest BCUT2D eigenvalue weighted by atomic mass is 10.2. The van der Waals surface area contributed by atoms with Crippen molar-refractivity contribution >= 4 is 34.0 Å². The number of nitrogens with two attached hydrogens (primary N) is 2. The summed E-state index contributed by atoms with van der Waals surface area (Å²) in [6.07, 6.45) is 0. The van der Waals surface area contributed by atoms with Crippen molar-refractivity contribution in [3.05, 3.63) is 48.0 Å². The molecule has 1 atom stereocenters. The van der Waals surface area contributed by atoms with E-state index in [0.29, 0.717) is 16.9 Å². The first kappa shape index (κ1) is 14.0. The highest BCUT2D eigenvalue weighted by atomic mass is 32.2. The maximum absolute atomic E-state index is 12.0. The Hall–Kier alpha value is -2.38. The molecule has 7 heteroatoms. The van der Waals surface area contributed by atoms with Crippen LogP contribution in [0.3, 0.4) is 0 Å². The Bertz CT molecular complexity index is 688. The largest absolute Gasteiger partial charge is 0.399 e. The number of rotatable bonds is 3. The summed E-state index contributed by atoms with van der Waals surface area (Å²) in [5.74, 6) is -0.364. The van der Waals surface area contributed by atoms with Gasteiger partial charge in [0.2, 0.25) is 0 Å². The predicted molar refractivity (Wildman–Crippen MR) is 78.7 cm³/mol. The summed E-state index contributed by atoms with van der Waals surface area (Å²) in [6.45, 7) is 0. The zero-order valence-electron chi connectivity index (χ0n) is 10.4. The average Bonchev–Trinajstić information content (AvgIpc) is 2.40. The number of carbonyl (C=O) groups is 1. The zero-order chi connectivity index (χ0) is 14.7. The minimum absolute atomic E-state index is 0.0513. The van der Waals surface area contributed by atoms with Gasteiger partial charge < -0.3 is 21.3 Å². The van der Waals surface area contributed by atoms with Gasteiger partial charge in [-0.1, -0.05) is 6.07 Å². The number of anilines is 3. The second kappa shape index (κ2) is 5.72. The van der Waals surface area contributed by atoms with Crippen molar-refractivity contribution in [2.45, 2.75) is 4.90 Å². The molecule has 0 saturated heterocycles. The second-order valence-corrected chi connectivity index (χ2v) is 5.02. The van der Waals surface area contributed by atoms with E-state index >= 15 is 0 Å². The number of hydrogen-bond acceptors (Lipinski definition) is 4. The molecule has 2 aromatic rings. The number of carbonyl (C=O) groups excluding carboxylic acids is 1. The normalized spacial score (nSPS) is 11.8. The molecule has 0 aliphatic carbocycles. The number of nitrogen functional groups attached to an aromatic ring is 2. The van der Waals surface area contributed by atoms with Crippen LogP contribution in [0.15, 0.2) is 47.4 Å². The van der Waals surface area contributed by atoms with Crippen molar-refractivity contribution in [2.75, 3.05) is 16.8 Å². The molecular formula is C13H13N3O3S. The van der Waals surface area contributed by atoms with Crippen LogP contribution in [0.5, 0.6) is 0 Å². The van der Waals surface area contributed by atoms with E-state index in [0.717, 1.165) is 0 Å². The Labute approximate surface area is 118 Å². The first-order chi connectivity index (χ1) is 9.47. The molecule has 0 saturated carbocycles. The lowest BCUT2D eigenvalue weighted by Crippen LogP contribution is -2.12. The fourth-order valence-electron chi connectivity index (χ4n) is 1.65. The van der Waals surface area contributed by atoms with Crippen LogP contribution in [-0.4, -0.2) is 14.7 Å². The van der Waals surface area contributed by atoms with Crippen molar-refractivity contribution in [2.24, 2.45) is 0 Å². The van der Waals surface area contributed by atoms with E-state index in [1.807, 2.05) is 0 Å². The summed E-state index contributed by atoms with van der Waals surface area (Å²) in [6, 6.07) is 10.9. The lowest BCUT2D eigenvalue weighted by molar-refractivity contribution is 0.102. The molecule has 0 bridgehead atoms. The second-order valence-electron chi connectivity index (χ2n) is 4.08. The highest BCUT2D eigenvalue weighted by Crippen LogP contribution is 2.21. The van der Waals surface area contributed by atoms with Crippen LogP contribution >= 0.6 is 0 Å². The molecule has 0 aliphatic heterocycles. The quantitative estimate of drug-likeness (QED) is 0.507. The standard InChI is InChI=1S/C13H13N3O3S/c14-9-3-1-2-8(6-9)13(17)16-10-4-5-11(15)12(7-10)20(18)19/h1-7H,14-15H2,(H,16,17)(H,18,19). The highest BCUT2D eigenvalue weighted by Gasteiger charge is 2.10. The summed E-state index contributed by atoms with van der Waals surface area (Å²) >= 11 is -2.21.